The van der Waals surface area contributed by atoms with Crippen LogP contribution in [-0.4, -0.2) is 64.8 Å². The Morgan fingerprint density at radius 3 is 2.61 bits per heavy atom. The van der Waals surface area contributed by atoms with Crippen molar-refractivity contribution >= 4 is 19.8 Å². The molecule has 2 unspecified atom stereocenters. The van der Waals surface area contributed by atoms with Crippen molar-refractivity contribution in [3.8, 4) is 0 Å². The zero-order valence-electron chi connectivity index (χ0n) is 9.65. The van der Waals surface area contributed by atoms with E-state index in [-0.39, 0.29) is 0 Å². The molecule has 0 saturated carbocycles. The summed E-state index contributed by atoms with van der Waals surface area (Å²) in [4.78, 5) is 21.2. The SMILES string of the molecule is CN(CC(=O)OP(=O)(O)OCC(O)CO)C(=N)N. The Labute approximate surface area is 103 Å². The number of aliphatic hydroxyl groups is 2. The van der Waals surface area contributed by atoms with E-state index in [1.54, 1.807) is 0 Å². The maximum absolute atomic E-state index is 11.2. The molecule has 0 rings (SSSR count). The summed E-state index contributed by atoms with van der Waals surface area (Å²) in [5.74, 6) is -1.55. The number of rotatable bonds is 7. The summed E-state index contributed by atoms with van der Waals surface area (Å²) in [5.41, 5.74) is 5.04. The lowest BCUT2D eigenvalue weighted by molar-refractivity contribution is -0.136. The van der Waals surface area contributed by atoms with Crippen LogP contribution in [0.2, 0.25) is 0 Å². The highest BCUT2D eigenvalue weighted by Crippen LogP contribution is 2.43. The number of likely N-dealkylation sites (N-methyl/N-ethyl adjacent to an activating group) is 1. The van der Waals surface area contributed by atoms with Crippen molar-refractivity contribution in [3.05, 3.63) is 0 Å². The van der Waals surface area contributed by atoms with Crippen LogP contribution in [0.15, 0.2) is 0 Å². The van der Waals surface area contributed by atoms with Gasteiger partial charge in [-0.1, -0.05) is 0 Å². The number of carbonyl (C=O) groups is 1. The number of phosphoric acid groups is 1. The van der Waals surface area contributed by atoms with Crippen LogP contribution >= 0.6 is 7.82 Å². The first-order valence-corrected chi connectivity index (χ1v) is 6.21. The minimum atomic E-state index is -4.66. The van der Waals surface area contributed by atoms with Crippen LogP contribution in [0.25, 0.3) is 0 Å². The van der Waals surface area contributed by atoms with Crippen LogP contribution in [0.5, 0.6) is 0 Å². The Kier molecular flexibility index (Phi) is 6.81. The zero-order valence-corrected chi connectivity index (χ0v) is 10.5. The summed E-state index contributed by atoms with van der Waals surface area (Å²) in [6.45, 7) is -1.84. The molecule has 0 aliphatic rings. The third kappa shape index (κ3) is 7.20. The fourth-order valence-electron chi connectivity index (χ4n) is 0.696. The van der Waals surface area contributed by atoms with Gasteiger partial charge in [0, 0.05) is 7.05 Å². The Balaban J connectivity index is 4.19. The highest BCUT2D eigenvalue weighted by Gasteiger charge is 2.27. The smallest absolute Gasteiger partial charge is 0.394 e. The van der Waals surface area contributed by atoms with Crippen molar-refractivity contribution in [1.29, 1.82) is 5.41 Å². The Bertz CT molecular complexity index is 350. The van der Waals surface area contributed by atoms with Crippen molar-refractivity contribution in [2.75, 3.05) is 26.8 Å². The van der Waals surface area contributed by atoms with Crippen molar-refractivity contribution in [3.63, 3.8) is 0 Å². The number of phosphoric ester groups is 1. The third-order valence-electron chi connectivity index (χ3n) is 1.64. The average Bonchev–Trinajstić information content (AvgIpc) is 2.24. The van der Waals surface area contributed by atoms with Gasteiger partial charge in [-0.25, -0.2) is 9.36 Å². The molecular weight excluding hydrogens is 269 g/mol. The molecule has 6 N–H and O–H groups in total. The minimum Gasteiger partial charge on any atom is -0.394 e. The Morgan fingerprint density at radius 1 is 1.61 bits per heavy atom. The first-order chi connectivity index (χ1) is 8.18. The lowest BCUT2D eigenvalue weighted by Crippen LogP contribution is -2.37. The molecule has 0 spiro atoms. The molecule has 0 amide bonds. The first-order valence-electron chi connectivity index (χ1n) is 4.71. The third-order valence-corrected chi connectivity index (χ3v) is 2.55. The van der Waals surface area contributed by atoms with Gasteiger partial charge in [0.25, 0.3) is 0 Å². The molecule has 0 aliphatic heterocycles. The number of hydrogen-bond donors (Lipinski definition) is 5. The molecule has 0 bridgehead atoms. The van der Waals surface area contributed by atoms with Gasteiger partial charge in [0.2, 0.25) is 0 Å². The van der Waals surface area contributed by atoms with Gasteiger partial charge in [-0.3, -0.25) is 14.8 Å². The van der Waals surface area contributed by atoms with E-state index >= 15 is 0 Å². The van der Waals surface area contributed by atoms with Gasteiger partial charge in [0.05, 0.1) is 13.2 Å². The summed E-state index contributed by atoms with van der Waals surface area (Å²) in [7, 11) is -3.35. The number of carbonyl (C=O) groups excluding carboxylic acids is 1. The van der Waals surface area contributed by atoms with Crippen molar-refractivity contribution in [2.45, 2.75) is 6.10 Å². The minimum absolute atomic E-state index is 0.420. The molecule has 106 valence electrons. The highest BCUT2D eigenvalue weighted by atomic mass is 31.2. The van der Waals surface area contributed by atoms with Crippen molar-refractivity contribution in [1.82, 2.24) is 4.90 Å². The molecule has 0 aliphatic carbocycles. The lowest BCUT2D eigenvalue weighted by atomic mass is 10.4. The van der Waals surface area contributed by atoms with Gasteiger partial charge in [-0.15, -0.1) is 0 Å². The fraction of sp³-hybridized carbons (Fsp3) is 0.714. The molecule has 11 heteroatoms. The van der Waals surface area contributed by atoms with Gasteiger partial charge in [0.1, 0.15) is 12.6 Å². The monoisotopic (exact) mass is 285 g/mol. The number of nitrogens with two attached hydrogens (primary N) is 1. The standard InChI is InChI=1S/C7H16N3O7P/c1-10(7(8)9)2-6(13)17-18(14,15)16-4-5(12)3-11/h5,11-12H,2-4H2,1H3,(H3,8,9)(H,14,15). The van der Waals surface area contributed by atoms with Gasteiger partial charge in [-0.05, 0) is 0 Å². The molecule has 0 aromatic rings. The molecule has 0 radical (unpaired) electrons. The zero-order chi connectivity index (χ0) is 14.3. The van der Waals surface area contributed by atoms with Gasteiger partial charge < -0.3 is 25.4 Å². The van der Waals surface area contributed by atoms with E-state index in [1.807, 2.05) is 0 Å². The summed E-state index contributed by atoms with van der Waals surface area (Å²) in [5, 5.41) is 24.3. The van der Waals surface area contributed by atoms with E-state index in [1.165, 1.54) is 7.05 Å². The van der Waals surface area contributed by atoms with E-state index in [2.05, 4.69) is 9.05 Å². The fourth-order valence-corrected chi connectivity index (χ4v) is 1.42. The predicted molar refractivity (Wildman–Crippen MR) is 59.5 cm³/mol. The van der Waals surface area contributed by atoms with Crippen molar-refractivity contribution < 1.29 is 33.5 Å². The molecule has 0 aromatic heterocycles. The molecular formula is C7H16N3O7P. The second-order valence-corrected chi connectivity index (χ2v) is 4.68. The van der Waals surface area contributed by atoms with E-state index in [9.17, 15) is 9.36 Å². The Morgan fingerprint density at radius 2 is 2.17 bits per heavy atom. The molecule has 0 aromatic carbocycles. The summed E-state index contributed by atoms with van der Waals surface area (Å²) >= 11 is 0. The number of guanidine groups is 1. The van der Waals surface area contributed by atoms with Crippen LogP contribution in [0.4, 0.5) is 0 Å². The quantitative estimate of drug-likeness (QED) is 0.198. The molecule has 2 atom stereocenters. The van der Waals surface area contributed by atoms with Crippen LogP contribution < -0.4 is 5.73 Å². The topological polar surface area (TPSA) is 166 Å². The number of hydrogen-bond acceptors (Lipinski definition) is 7. The molecule has 10 nitrogen and oxygen atoms in total. The highest BCUT2D eigenvalue weighted by molar-refractivity contribution is 7.48. The largest absolute Gasteiger partial charge is 0.529 e. The average molecular weight is 285 g/mol. The van der Waals surface area contributed by atoms with Crippen LogP contribution in [0, 0.1) is 5.41 Å². The van der Waals surface area contributed by atoms with Gasteiger partial charge >= 0.3 is 13.8 Å². The molecule has 0 saturated heterocycles. The maximum atomic E-state index is 11.2. The molecule has 18 heavy (non-hydrogen) atoms. The summed E-state index contributed by atoms with van der Waals surface area (Å²) in [6.07, 6.45) is -1.36. The number of nitrogens with one attached hydrogen (secondary N) is 1. The van der Waals surface area contributed by atoms with Crippen molar-refractivity contribution in [2.24, 2.45) is 5.73 Å². The van der Waals surface area contributed by atoms with E-state index in [0.717, 1.165) is 4.90 Å². The van der Waals surface area contributed by atoms with E-state index < -0.39 is 45.6 Å². The van der Waals surface area contributed by atoms with Crippen LogP contribution in [0.1, 0.15) is 0 Å². The van der Waals surface area contributed by atoms with E-state index in [4.69, 9.17) is 26.2 Å². The van der Waals surface area contributed by atoms with E-state index in [0.29, 0.717) is 0 Å². The molecule has 0 fully saturated rings. The number of nitrogens with zero attached hydrogens (tertiary/aromatic N) is 1. The maximum Gasteiger partial charge on any atom is 0.529 e. The predicted octanol–water partition coefficient (Wildman–Crippen LogP) is -2.17. The lowest BCUT2D eigenvalue weighted by Gasteiger charge is -2.17. The van der Waals surface area contributed by atoms with Crippen LogP contribution in [-0.2, 0) is 18.4 Å². The van der Waals surface area contributed by atoms with Gasteiger partial charge in [-0.2, -0.15) is 0 Å². The second-order valence-electron chi connectivity index (χ2n) is 3.31. The number of aliphatic hydroxyl groups excluding tert-OH is 2. The van der Waals surface area contributed by atoms with Crippen LogP contribution in [0.3, 0.4) is 0 Å². The second kappa shape index (κ2) is 7.29. The normalized spacial score (nSPS) is 15.6. The summed E-state index contributed by atoms with van der Waals surface area (Å²) < 4.78 is 19.6. The van der Waals surface area contributed by atoms with Gasteiger partial charge in [0.15, 0.2) is 5.96 Å². The summed E-state index contributed by atoms with van der Waals surface area (Å²) in [6, 6.07) is 0. The molecule has 0 heterocycles. The first kappa shape index (κ1) is 16.8. The Hall–Kier alpha value is -1.19.